The Bertz CT molecular complexity index is 472. The number of hydrogen-bond acceptors (Lipinski definition) is 4. The predicted molar refractivity (Wildman–Crippen MR) is 74.3 cm³/mol. The normalized spacial score (nSPS) is 18.0. The fraction of sp³-hybridized carbons (Fsp3) is 0.538. The van der Waals surface area contributed by atoms with E-state index in [4.69, 9.17) is 4.74 Å². The van der Waals surface area contributed by atoms with Crippen molar-refractivity contribution in [3.8, 4) is 5.75 Å². The third kappa shape index (κ3) is 3.91. The Morgan fingerprint density at radius 2 is 2.00 bits per heavy atom. The Morgan fingerprint density at radius 3 is 2.63 bits per heavy atom. The van der Waals surface area contributed by atoms with Crippen LogP contribution in [0.1, 0.15) is 32.1 Å². The number of nitro groups is 1. The van der Waals surface area contributed by atoms with Gasteiger partial charge in [0.25, 0.3) is 5.69 Å². The van der Waals surface area contributed by atoms with Gasteiger partial charge in [-0.15, -0.1) is 0 Å². The quantitative estimate of drug-likeness (QED) is 0.678. The first-order valence-corrected chi connectivity index (χ1v) is 7.08. The number of halogens is 1. The van der Waals surface area contributed by atoms with Gasteiger partial charge in [0.2, 0.25) is 0 Å². The first kappa shape index (κ1) is 14.3. The lowest BCUT2D eigenvalue weighted by Gasteiger charge is -2.31. The van der Waals surface area contributed by atoms with Crippen molar-refractivity contribution in [2.45, 2.75) is 37.7 Å². The molecule has 1 aliphatic rings. The molecular weight excluding hydrogens is 314 g/mol. The summed E-state index contributed by atoms with van der Waals surface area (Å²) < 4.78 is 6.13. The van der Waals surface area contributed by atoms with Crippen molar-refractivity contribution in [2.75, 3.05) is 6.61 Å². The maximum Gasteiger partial charge on any atom is 0.274 e. The highest BCUT2D eigenvalue weighted by Gasteiger charge is 2.30. The molecule has 104 valence electrons. The Kier molecular flexibility index (Phi) is 4.42. The highest BCUT2D eigenvalue weighted by Crippen LogP contribution is 2.31. The Balaban J connectivity index is 2.04. The van der Waals surface area contributed by atoms with E-state index in [0.717, 1.165) is 32.1 Å². The summed E-state index contributed by atoms with van der Waals surface area (Å²) in [7, 11) is 0. The molecule has 0 radical (unpaired) electrons. The van der Waals surface area contributed by atoms with Crippen LogP contribution in [0.4, 0.5) is 5.69 Å². The molecule has 0 bridgehead atoms. The number of benzene rings is 1. The minimum atomic E-state index is -0.796. The van der Waals surface area contributed by atoms with Gasteiger partial charge in [-0.05, 0) is 18.9 Å². The zero-order chi connectivity index (χ0) is 13.9. The summed E-state index contributed by atoms with van der Waals surface area (Å²) in [5, 5.41) is 21.1. The van der Waals surface area contributed by atoms with Crippen molar-refractivity contribution >= 4 is 21.6 Å². The van der Waals surface area contributed by atoms with Crippen LogP contribution in [0, 0.1) is 10.1 Å². The topological polar surface area (TPSA) is 72.6 Å². The number of ether oxygens (including phenoxy) is 1. The lowest BCUT2D eigenvalue weighted by atomic mass is 9.85. The number of nitrogens with zero attached hydrogens (tertiary/aromatic N) is 1. The second kappa shape index (κ2) is 5.88. The van der Waals surface area contributed by atoms with Crippen molar-refractivity contribution in [2.24, 2.45) is 0 Å². The fourth-order valence-electron chi connectivity index (χ4n) is 2.31. The van der Waals surface area contributed by atoms with E-state index in [1.165, 1.54) is 12.1 Å². The van der Waals surface area contributed by atoms with E-state index >= 15 is 0 Å². The van der Waals surface area contributed by atoms with Gasteiger partial charge in [0, 0.05) is 10.5 Å². The van der Waals surface area contributed by atoms with Crippen LogP contribution in [0.2, 0.25) is 0 Å². The lowest BCUT2D eigenvalue weighted by Crippen LogP contribution is -2.37. The van der Waals surface area contributed by atoms with Gasteiger partial charge < -0.3 is 9.84 Å². The number of rotatable bonds is 4. The van der Waals surface area contributed by atoms with Crippen molar-refractivity contribution < 1.29 is 14.8 Å². The van der Waals surface area contributed by atoms with E-state index in [9.17, 15) is 15.2 Å². The van der Waals surface area contributed by atoms with E-state index in [1.54, 1.807) is 6.07 Å². The summed E-state index contributed by atoms with van der Waals surface area (Å²) in [4.78, 5) is 10.3. The molecule has 0 amide bonds. The lowest BCUT2D eigenvalue weighted by molar-refractivity contribution is -0.385. The first-order valence-electron chi connectivity index (χ1n) is 6.29. The third-order valence-electron chi connectivity index (χ3n) is 3.36. The van der Waals surface area contributed by atoms with Gasteiger partial charge in [-0.3, -0.25) is 10.1 Å². The largest absolute Gasteiger partial charge is 0.490 e. The van der Waals surface area contributed by atoms with Crippen molar-refractivity contribution in [3.05, 3.63) is 32.8 Å². The zero-order valence-electron chi connectivity index (χ0n) is 10.5. The van der Waals surface area contributed by atoms with Crippen molar-refractivity contribution in [3.63, 3.8) is 0 Å². The van der Waals surface area contributed by atoms with Gasteiger partial charge in [-0.25, -0.2) is 0 Å². The molecule has 0 heterocycles. The molecule has 1 fully saturated rings. The van der Waals surface area contributed by atoms with E-state index in [0.29, 0.717) is 10.2 Å². The maximum absolute atomic E-state index is 10.8. The number of hydrogen-bond donors (Lipinski definition) is 1. The van der Waals surface area contributed by atoms with Crippen LogP contribution in [0.3, 0.4) is 0 Å². The summed E-state index contributed by atoms with van der Waals surface area (Å²) in [6.07, 6.45) is 4.59. The molecule has 0 unspecified atom stereocenters. The number of non-ortho nitro benzene ring substituents is 1. The Hall–Kier alpha value is -1.14. The fourth-order valence-corrected chi connectivity index (χ4v) is 2.77. The van der Waals surface area contributed by atoms with E-state index in [-0.39, 0.29) is 12.3 Å². The molecule has 1 aromatic rings. The molecular formula is C13H16BrNO4. The van der Waals surface area contributed by atoms with Crippen LogP contribution in [0.25, 0.3) is 0 Å². The molecule has 0 atom stereocenters. The molecule has 0 aromatic heterocycles. The average molecular weight is 330 g/mol. The smallest absolute Gasteiger partial charge is 0.274 e. The summed E-state index contributed by atoms with van der Waals surface area (Å²) in [6.45, 7) is 0.181. The van der Waals surface area contributed by atoms with Gasteiger partial charge in [-0.1, -0.05) is 35.2 Å². The molecule has 1 saturated carbocycles. The molecule has 6 heteroatoms. The minimum Gasteiger partial charge on any atom is -0.490 e. The molecule has 0 aliphatic heterocycles. The minimum absolute atomic E-state index is 0.0278. The van der Waals surface area contributed by atoms with Crippen LogP contribution in [-0.4, -0.2) is 22.2 Å². The molecule has 0 saturated heterocycles. The van der Waals surface area contributed by atoms with Crippen molar-refractivity contribution in [1.82, 2.24) is 0 Å². The van der Waals surface area contributed by atoms with Crippen LogP contribution < -0.4 is 4.74 Å². The first-order chi connectivity index (χ1) is 8.98. The number of aliphatic hydroxyl groups is 1. The van der Waals surface area contributed by atoms with Crippen LogP contribution in [0.15, 0.2) is 22.7 Å². The summed E-state index contributed by atoms with van der Waals surface area (Å²) in [5.41, 5.74) is -0.824. The van der Waals surface area contributed by atoms with Gasteiger partial charge in [-0.2, -0.15) is 0 Å². The second-order valence-corrected chi connectivity index (χ2v) is 5.89. The van der Waals surface area contributed by atoms with Gasteiger partial charge in [0.05, 0.1) is 16.6 Å². The van der Waals surface area contributed by atoms with Crippen LogP contribution in [0.5, 0.6) is 5.75 Å². The predicted octanol–water partition coefficient (Wildman–Crippen LogP) is 3.43. The summed E-state index contributed by atoms with van der Waals surface area (Å²) in [5.74, 6) is 0.403. The second-order valence-electron chi connectivity index (χ2n) is 4.98. The van der Waals surface area contributed by atoms with E-state index in [2.05, 4.69) is 15.9 Å². The van der Waals surface area contributed by atoms with Crippen LogP contribution in [-0.2, 0) is 0 Å². The van der Waals surface area contributed by atoms with Crippen LogP contribution >= 0.6 is 15.9 Å². The SMILES string of the molecule is O=[N+]([O-])c1cc(Br)cc(OCC2(O)CCCCC2)c1. The molecule has 1 N–H and O–H groups in total. The summed E-state index contributed by atoms with van der Waals surface area (Å²) >= 11 is 3.21. The third-order valence-corrected chi connectivity index (χ3v) is 3.82. The molecule has 5 nitrogen and oxygen atoms in total. The molecule has 1 aliphatic carbocycles. The Morgan fingerprint density at radius 1 is 1.32 bits per heavy atom. The maximum atomic E-state index is 10.8. The Labute approximate surface area is 119 Å². The van der Waals surface area contributed by atoms with Gasteiger partial charge in [0.15, 0.2) is 0 Å². The van der Waals surface area contributed by atoms with Crippen molar-refractivity contribution in [1.29, 1.82) is 0 Å². The standard InChI is InChI=1S/C13H16BrNO4/c14-10-6-11(15(17)18)8-12(7-10)19-9-13(16)4-2-1-3-5-13/h6-8,16H,1-5,9H2. The average Bonchev–Trinajstić information content (AvgIpc) is 2.37. The number of nitro benzene ring substituents is 1. The molecule has 0 spiro atoms. The highest BCUT2D eigenvalue weighted by atomic mass is 79.9. The van der Waals surface area contributed by atoms with E-state index in [1.807, 2.05) is 0 Å². The van der Waals surface area contributed by atoms with E-state index < -0.39 is 10.5 Å². The van der Waals surface area contributed by atoms with Gasteiger partial charge >= 0.3 is 0 Å². The summed E-state index contributed by atoms with van der Waals surface area (Å²) in [6, 6.07) is 4.46. The highest BCUT2D eigenvalue weighted by molar-refractivity contribution is 9.10. The zero-order valence-corrected chi connectivity index (χ0v) is 12.1. The van der Waals surface area contributed by atoms with Gasteiger partial charge in [0.1, 0.15) is 12.4 Å². The monoisotopic (exact) mass is 329 g/mol. The molecule has 1 aromatic carbocycles. The molecule has 2 rings (SSSR count). The molecule has 19 heavy (non-hydrogen) atoms.